The highest BCUT2D eigenvalue weighted by molar-refractivity contribution is 4.56. The summed E-state index contributed by atoms with van der Waals surface area (Å²) in [6.45, 7) is 15.3. The van der Waals surface area contributed by atoms with Crippen LogP contribution in [0.1, 0.15) is 291 Å². The van der Waals surface area contributed by atoms with Gasteiger partial charge in [0.05, 0.1) is 26.2 Å². The van der Waals surface area contributed by atoms with Crippen molar-refractivity contribution in [2.45, 2.75) is 291 Å². The number of hydrogen-bond donors (Lipinski definition) is 0. The van der Waals surface area contributed by atoms with Gasteiger partial charge in [0.2, 0.25) is 0 Å². The van der Waals surface area contributed by atoms with Crippen molar-refractivity contribution < 1.29 is 16.9 Å². The summed E-state index contributed by atoms with van der Waals surface area (Å²) in [4.78, 5) is 0. The maximum absolute atomic E-state index is 2.34. The molecule has 0 aliphatic rings. The molecule has 0 saturated carbocycles. The second-order valence-corrected chi connectivity index (χ2v) is 17.3. The quantitative estimate of drug-likeness (QED) is 0.0431. The van der Waals surface area contributed by atoms with Gasteiger partial charge in [-0.3, -0.25) is 0 Å². The molecular weight excluding hydrogens is 638 g/mol. The lowest BCUT2D eigenvalue weighted by molar-refractivity contribution is -0.929. The van der Waals surface area contributed by atoms with Crippen LogP contribution in [-0.4, -0.2) is 30.7 Å². The Morgan fingerprint density at radius 2 is 0.294 bits per heavy atom. The molecule has 0 spiro atoms. The topological polar surface area (TPSA) is 0 Å². The van der Waals surface area contributed by atoms with Crippen molar-refractivity contribution >= 4 is 0 Å². The Morgan fingerprint density at radius 3 is 0.431 bits per heavy atom. The lowest BCUT2D eigenvalue weighted by Gasteiger charge is -2.40. The van der Waals surface area contributed by atoms with Gasteiger partial charge in [-0.25, -0.2) is 0 Å². The first kappa shape index (κ1) is 53.4. The fourth-order valence-corrected chi connectivity index (χ4v) is 8.59. The van der Waals surface area contributed by atoms with Crippen LogP contribution in [0.5, 0.6) is 0 Å². The van der Waals surface area contributed by atoms with Gasteiger partial charge in [0.1, 0.15) is 0 Å². The molecule has 0 rings (SSSR count). The van der Waals surface area contributed by atoms with Crippen LogP contribution in [0.4, 0.5) is 0 Å². The molecular formula is C49H102ClN. The van der Waals surface area contributed by atoms with Crippen molar-refractivity contribution in [3.05, 3.63) is 0 Å². The highest BCUT2D eigenvalue weighted by atomic mass is 35.5. The van der Waals surface area contributed by atoms with Crippen LogP contribution in [0.2, 0.25) is 0 Å². The Kier molecular flexibility index (Phi) is 48.5. The second-order valence-electron chi connectivity index (χ2n) is 17.3. The molecule has 0 aromatic rings. The van der Waals surface area contributed by atoms with Gasteiger partial charge in [-0.2, -0.15) is 0 Å². The molecule has 0 bridgehead atoms. The van der Waals surface area contributed by atoms with Crippen LogP contribution >= 0.6 is 0 Å². The Balaban J connectivity index is 0. The summed E-state index contributed by atoms with van der Waals surface area (Å²) in [5.74, 6) is 0. The third-order valence-electron chi connectivity index (χ3n) is 12.2. The average Bonchev–Trinajstić information content (AvgIpc) is 3.13. The Hall–Kier alpha value is 0.250. The molecule has 0 aliphatic carbocycles. The largest absolute Gasteiger partial charge is 1.00 e. The molecule has 0 unspecified atom stereocenters. The van der Waals surface area contributed by atoms with Crippen LogP contribution < -0.4 is 12.4 Å². The summed E-state index contributed by atoms with van der Waals surface area (Å²) < 4.78 is 1.49. The first-order chi connectivity index (χ1) is 24.7. The smallest absolute Gasteiger partial charge is 0.0786 e. The van der Waals surface area contributed by atoms with E-state index >= 15 is 0 Å². The van der Waals surface area contributed by atoms with Gasteiger partial charge in [-0.15, -0.1) is 0 Å². The minimum Gasteiger partial charge on any atom is -1.00 e. The molecule has 2 heteroatoms. The molecule has 310 valence electrons. The lowest BCUT2D eigenvalue weighted by atomic mass is 10.0. The number of unbranched alkanes of at least 4 members (excludes halogenated alkanes) is 37. The predicted octanol–water partition coefficient (Wildman–Crippen LogP) is 14.9. The van der Waals surface area contributed by atoms with Crippen molar-refractivity contribution in [3.8, 4) is 0 Å². The summed E-state index contributed by atoms with van der Waals surface area (Å²) in [5, 5.41) is 0. The van der Waals surface area contributed by atoms with E-state index in [0.717, 1.165) is 0 Å². The summed E-state index contributed by atoms with van der Waals surface area (Å²) in [7, 11) is 0. The lowest BCUT2D eigenvalue weighted by Crippen LogP contribution is -3.00. The normalized spacial score (nSPS) is 11.8. The van der Waals surface area contributed by atoms with Crippen molar-refractivity contribution in [1.29, 1.82) is 0 Å². The molecule has 0 aromatic heterocycles. The summed E-state index contributed by atoms with van der Waals surface area (Å²) >= 11 is 0. The summed E-state index contributed by atoms with van der Waals surface area (Å²) in [6, 6.07) is 0. The number of rotatable bonds is 45. The van der Waals surface area contributed by atoms with Gasteiger partial charge >= 0.3 is 0 Å². The van der Waals surface area contributed by atoms with Gasteiger partial charge in [0.15, 0.2) is 0 Å². The van der Waals surface area contributed by atoms with Gasteiger partial charge < -0.3 is 16.9 Å². The van der Waals surface area contributed by atoms with Gasteiger partial charge in [0.25, 0.3) is 0 Å². The van der Waals surface area contributed by atoms with Gasteiger partial charge in [-0.05, 0) is 51.4 Å². The number of nitrogens with zero attached hydrogens (tertiary/aromatic N) is 1. The van der Waals surface area contributed by atoms with E-state index in [1.807, 2.05) is 0 Å². The highest BCUT2D eigenvalue weighted by Crippen LogP contribution is 2.22. The molecule has 0 heterocycles. The van der Waals surface area contributed by atoms with Crippen molar-refractivity contribution in [3.63, 3.8) is 0 Å². The SMILES string of the molecule is CCCCCCCCCCCCC[N+](CCCCCCCCCCCC)(CCCCCCCCCCCC)CCCCCCCCCCCC.[Cl-]. The zero-order valence-electron chi connectivity index (χ0n) is 36.6. The Morgan fingerprint density at radius 1 is 0.176 bits per heavy atom. The molecule has 0 fully saturated rings. The molecule has 0 aromatic carbocycles. The van der Waals surface area contributed by atoms with E-state index in [0.29, 0.717) is 0 Å². The number of quaternary nitrogens is 1. The molecule has 0 N–H and O–H groups in total. The molecule has 0 amide bonds. The first-order valence-corrected chi connectivity index (χ1v) is 24.6. The third kappa shape index (κ3) is 41.3. The molecule has 0 atom stereocenters. The van der Waals surface area contributed by atoms with Crippen molar-refractivity contribution in [2.24, 2.45) is 0 Å². The number of halogens is 1. The minimum absolute atomic E-state index is 0. The molecule has 1 nitrogen and oxygen atoms in total. The minimum atomic E-state index is 0. The average molecular weight is 741 g/mol. The summed E-state index contributed by atoms with van der Waals surface area (Å²) in [5.41, 5.74) is 0. The number of hydrogen-bond acceptors (Lipinski definition) is 0. The van der Waals surface area contributed by atoms with Crippen LogP contribution in [0, 0.1) is 0 Å². The van der Waals surface area contributed by atoms with E-state index < -0.39 is 0 Å². The van der Waals surface area contributed by atoms with Crippen LogP contribution in [0.3, 0.4) is 0 Å². The van der Waals surface area contributed by atoms with E-state index in [-0.39, 0.29) is 12.4 Å². The first-order valence-electron chi connectivity index (χ1n) is 24.6. The maximum Gasteiger partial charge on any atom is 0.0786 e. The molecule has 0 aliphatic heterocycles. The molecule has 51 heavy (non-hydrogen) atoms. The standard InChI is InChI=1S/C49H102N.ClH/c1-5-9-13-17-21-25-29-33-37-41-45-49-50(46-42-38-34-30-26-22-18-14-10-6-2,47-43-39-35-31-27-23-19-15-11-7-3)48-44-40-36-32-28-24-20-16-12-8-4;/h5-49H2,1-4H3;1H/q+1;/p-1. The second kappa shape index (κ2) is 46.4. The van der Waals surface area contributed by atoms with E-state index in [1.165, 1.54) is 294 Å². The highest BCUT2D eigenvalue weighted by Gasteiger charge is 2.25. The van der Waals surface area contributed by atoms with Crippen LogP contribution in [0.15, 0.2) is 0 Å². The van der Waals surface area contributed by atoms with Crippen molar-refractivity contribution in [2.75, 3.05) is 26.2 Å². The van der Waals surface area contributed by atoms with E-state index in [2.05, 4.69) is 27.7 Å². The van der Waals surface area contributed by atoms with E-state index in [9.17, 15) is 0 Å². The van der Waals surface area contributed by atoms with E-state index in [4.69, 9.17) is 0 Å². The van der Waals surface area contributed by atoms with Crippen LogP contribution in [-0.2, 0) is 0 Å². The Labute approximate surface area is 332 Å². The third-order valence-corrected chi connectivity index (χ3v) is 12.2. The fourth-order valence-electron chi connectivity index (χ4n) is 8.59. The molecule has 0 saturated heterocycles. The van der Waals surface area contributed by atoms with E-state index in [1.54, 1.807) is 0 Å². The van der Waals surface area contributed by atoms with Gasteiger partial charge in [-0.1, -0.05) is 240 Å². The predicted molar refractivity (Wildman–Crippen MR) is 232 cm³/mol. The zero-order chi connectivity index (χ0) is 36.3. The monoisotopic (exact) mass is 740 g/mol. The molecule has 0 radical (unpaired) electrons. The maximum atomic E-state index is 2.34. The fraction of sp³-hybridized carbons (Fsp3) is 1.00. The Bertz CT molecular complexity index is 531. The van der Waals surface area contributed by atoms with Crippen molar-refractivity contribution in [1.82, 2.24) is 0 Å². The zero-order valence-corrected chi connectivity index (χ0v) is 37.4. The van der Waals surface area contributed by atoms with Crippen LogP contribution in [0.25, 0.3) is 0 Å². The summed E-state index contributed by atoms with van der Waals surface area (Å²) in [6.07, 6.45) is 60.2. The van der Waals surface area contributed by atoms with Gasteiger partial charge in [0, 0.05) is 0 Å².